The molecule has 2 nitrogen and oxygen atoms in total. The molecule has 14 heavy (non-hydrogen) atoms. The van der Waals surface area contributed by atoms with Gasteiger partial charge in [0.15, 0.2) is 0 Å². The highest BCUT2D eigenvalue weighted by molar-refractivity contribution is 8.01. The first kappa shape index (κ1) is 9.49. The predicted octanol–water partition coefficient (Wildman–Crippen LogP) is 2.05. The Bertz CT molecular complexity index is 389. The summed E-state index contributed by atoms with van der Waals surface area (Å²) in [6.07, 6.45) is 5.09. The van der Waals surface area contributed by atoms with Crippen molar-refractivity contribution in [3.8, 4) is 0 Å². The van der Waals surface area contributed by atoms with E-state index in [0.717, 1.165) is 11.2 Å². The first-order valence-electron chi connectivity index (χ1n) is 4.43. The maximum atomic E-state index is 10.5. The lowest BCUT2D eigenvalue weighted by atomic mass is 10.1. The van der Waals surface area contributed by atoms with Crippen LogP contribution in [0.5, 0.6) is 0 Å². The second kappa shape index (κ2) is 3.59. The molecule has 2 rings (SSSR count). The van der Waals surface area contributed by atoms with Crippen LogP contribution >= 0.6 is 11.8 Å². The van der Waals surface area contributed by atoms with Crippen molar-refractivity contribution >= 4 is 24.1 Å². The summed E-state index contributed by atoms with van der Waals surface area (Å²) < 4.78 is 0. The van der Waals surface area contributed by atoms with Crippen LogP contribution in [0.15, 0.2) is 35.2 Å². The number of fused-ring (bicyclic) bond motifs is 1. The molecule has 2 N–H and O–H groups in total. The zero-order valence-corrected chi connectivity index (χ0v) is 8.46. The topological polar surface area (TPSA) is 43.1 Å². The minimum absolute atomic E-state index is 0.350. The lowest BCUT2D eigenvalue weighted by molar-refractivity contribution is -0.108. The summed E-state index contributed by atoms with van der Waals surface area (Å²) in [6.45, 7) is 0. The van der Waals surface area contributed by atoms with Gasteiger partial charge in [0.1, 0.15) is 6.29 Å². The Morgan fingerprint density at radius 2 is 2.21 bits per heavy atom. The molecule has 72 valence electrons. The van der Waals surface area contributed by atoms with E-state index in [9.17, 15) is 4.79 Å². The highest BCUT2D eigenvalue weighted by atomic mass is 32.2. The lowest BCUT2D eigenvalue weighted by Gasteiger charge is -2.27. The summed E-state index contributed by atoms with van der Waals surface area (Å²) >= 11 is 1.54. The fraction of sp³-hybridized carbons (Fsp3) is 0.182. The number of aldehydes is 1. The molecule has 1 aromatic rings. The lowest BCUT2D eigenvalue weighted by Crippen LogP contribution is -2.35. The van der Waals surface area contributed by atoms with Crippen LogP contribution in [0, 0.1) is 0 Å². The number of benzene rings is 1. The SMILES string of the molecule is NC1(CC=O)C=Cc2ccccc2S1. The van der Waals surface area contributed by atoms with Crippen molar-refractivity contribution in [1.82, 2.24) is 0 Å². The summed E-state index contributed by atoms with van der Waals surface area (Å²) in [5.41, 5.74) is 7.20. The van der Waals surface area contributed by atoms with Crippen molar-refractivity contribution in [2.24, 2.45) is 5.73 Å². The molecule has 1 atom stereocenters. The van der Waals surface area contributed by atoms with Crippen molar-refractivity contribution in [3.63, 3.8) is 0 Å². The van der Waals surface area contributed by atoms with Gasteiger partial charge in [0, 0.05) is 11.3 Å². The van der Waals surface area contributed by atoms with Crippen molar-refractivity contribution in [2.45, 2.75) is 16.2 Å². The summed E-state index contributed by atoms with van der Waals surface area (Å²) in [6, 6.07) is 8.04. The largest absolute Gasteiger partial charge is 0.313 e. The van der Waals surface area contributed by atoms with Gasteiger partial charge in [-0.15, -0.1) is 0 Å². The molecule has 3 heteroatoms. The van der Waals surface area contributed by atoms with Gasteiger partial charge in [-0.1, -0.05) is 42.1 Å². The quantitative estimate of drug-likeness (QED) is 0.751. The third-order valence-electron chi connectivity index (χ3n) is 2.17. The van der Waals surface area contributed by atoms with Crippen LogP contribution in [-0.4, -0.2) is 11.2 Å². The van der Waals surface area contributed by atoms with Crippen LogP contribution in [0.1, 0.15) is 12.0 Å². The monoisotopic (exact) mass is 205 g/mol. The fourth-order valence-electron chi connectivity index (χ4n) is 1.42. The smallest absolute Gasteiger partial charge is 0.123 e. The van der Waals surface area contributed by atoms with Gasteiger partial charge in [-0.3, -0.25) is 0 Å². The number of carbonyl (C=O) groups is 1. The molecule has 0 radical (unpaired) electrons. The standard InChI is InChI=1S/C11H11NOS/c12-11(7-8-13)6-5-9-3-1-2-4-10(9)14-11/h1-6,8H,7,12H2. The zero-order valence-electron chi connectivity index (χ0n) is 7.64. The number of carbonyl (C=O) groups excluding carboxylic acids is 1. The maximum Gasteiger partial charge on any atom is 0.123 e. The molecular weight excluding hydrogens is 194 g/mol. The van der Waals surface area contributed by atoms with Crippen molar-refractivity contribution in [1.29, 1.82) is 0 Å². The number of hydrogen-bond acceptors (Lipinski definition) is 3. The molecule has 0 bridgehead atoms. The normalized spacial score (nSPS) is 24.4. The minimum atomic E-state index is -0.559. The first-order valence-corrected chi connectivity index (χ1v) is 5.25. The van der Waals surface area contributed by atoms with Crippen molar-refractivity contribution in [2.75, 3.05) is 0 Å². The molecule has 1 unspecified atom stereocenters. The number of hydrogen-bond donors (Lipinski definition) is 1. The molecular formula is C11H11NOS. The second-order valence-corrected chi connectivity index (χ2v) is 4.70. The van der Waals surface area contributed by atoms with E-state index in [1.807, 2.05) is 36.4 Å². The molecule has 1 heterocycles. The van der Waals surface area contributed by atoms with Gasteiger partial charge in [0.2, 0.25) is 0 Å². The van der Waals surface area contributed by atoms with E-state index in [-0.39, 0.29) is 0 Å². The number of thioether (sulfide) groups is 1. The van der Waals surface area contributed by atoms with E-state index >= 15 is 0 Å². The Kier molecular flexibility index (Phi) is 2.44. The predicted molar refractivity (Wildman–Crippen MR) is 58.9 cm³/mol. The van der Waals surface area contributed by atoms with Crippen LogP contribution in [0.3, 0.4) is 0 Å². The van der Waals surface area contributed by atoms with E-state index in [1.165, 1.54) is 5.56 Å². The number of nitrogens with two attached hydrogens (primary N) is 1. The van der Waals surface area contributed by atoms with Crippen molar-refractivity contribution in [3.05, 3.63) is 35.9 Å². The van der Waals surface area contributed by atoms with E-state index in [1.54, 1.807) is 11.8 Å². The average molecular weight is 205 g/mol. The van der Waals surface area contributed by atoms with Crippen LogP contribution in [0.2, 0.25) is 0 Å². The third kappa shape index (κ3) is 1.74. The Hall–Kier alpha value is -1.06. The highest BCUT2D eigenvalue weighted by Crippen LogP contribution is 2.38. The van der Waals surface area contributed by atoms with Gasteiger partial charge in [0.05, 0.1) is 4.87 Å². The molecule has 1 aromatic carbocycles. The Labute approximate surface area is 87.2 Å². The Morgan fingerprint density at radius 1 is 1.43 bits per heavy atom. The molecule has 0 saturated carbocycles. The van der Waals surface area contributed by atoms with Gasteiger partial charge in [-0.25, -0.2) is 0 Å². The average Bonchev–Trinajstić information content (AvgIpc) is 2.17. The van der Waals surface area contributed by atoms with Crippen LogP contribution < -0.4 is 5.73 Å². The van der Waals surface area contributed by atoms with Gasteiger partial charge in [0.25, 0.3) is 0 Å². The third-order valence-corrected chi connectivity index (χ3v) is 3.44. The molecule has 0 spiro atoms. The minimum Gasteiger partial charge on any atom is -0.313 e. The van der Waals surface area contributed by atoms with E-state index < -0.39 is 4.87 Å². The molecule has 1 aliphatic heterocycles. The number of rotatable bonds is 2. The molecule has 0 amide bonds. The molecule has 0 aliphatic carbocycles. The molecule has 1 aliphatic rings. The second-order valence-electron chi connectivity index (χ2n) is 3.30. The summed E-state index contributed by atoms with van der Waals surface area (Å²) in [7, 11) is 0. The molecule has 0 aromatic heterocycles. The van der Waals surface area contributed by atoms with Crippen molar-refractivity contribution < 1.29 is 4.79 Å². The van der Waals surface area contributed by atoms with Gasteiger partial charge in [-0.05, 0) is 11.6 Å². The maximum absolute atomic E-state index is 10.5. The van der Waals surface area contributed by atoms with Gasteiger partial charge < -0.3 is 10.5 Å². The Morgan fingerprint density at radius 3 is 3.00 bits per heavy atom. The molecule has 0 saturated heterocycles. The Balaban J connectivity index is 2.33. The van der Waals surface area contributed by atoms with Crippen LogP contribution in [0.4, 0.5) is 0 Å². The van der Waals surface area contributed by atoms with Gasteiger partial charge >= 0.3 is 0 Å². The summed E-state index contributed by atoms with van der Waals surface area (Å²) in [5, 5.41) is 0. The molecule has 0 fully saturated rings. The fourth-order valence-corrected chi connectivity index (χ4v) is 2.52. The first-order chi connectivity index (χ1) is 6.73. The van der Waals surface area contributed by atoms with E-state index in [2.05, 4.69) is 0 Å². The van der Waals surface area contributed by atoms with Crippen LogP contribution in [0.25, 0.3) is 6.08 Å². The van der Waals surface area contributed by atoms with E-state index in [4.69, 9.17) is 5.73 Å². The zero-order chi connectivity index (χ0) is 10.0. The van der Waals surface area contributed by atoms with E-state index in [0.29, 0.717) is 6.42 Å². The van der Waals surface area contributed by atoms with Gasteiger partial charge in [-0.2, -0.15) is 0 Å². The summed E-state index contributed by atoms with van der Waals surface area (Å²) in [4.78, 5) is 11.0. The highest BCUT2D eigenvalue weighted by Gasteiger charge is 2.26. The summed E-state index contributed by atoms with van der Waals surface area (Å²) in [5.74, 6) is 0. The van der Waals surface area contributed by atoms with Crippen LogP contribution in [-0.2, 0) is 4.79 Å².